The summed E-state index contributed by atoms with van der Waals surface area (Å²) in [7, 11) is 0. The lowest BCUT2D eigenvalue weighted by Gasteiger charge is -2.20. The Kier molecular flexibility index (Phi) is 10.5. The van der Waals surface area contributed by atoms with Gasteiger partial charge in [-0.05, 0) is 37.6 Å². The number of para-hydroxylation sites is 1. The average Bonchev–Trinajstić information content (AvgIpc) is 2.72. The van der Waals surface area contributed by atoms with Gasteiger partial charge in [-0.2, -0.15) is 0 Å². The molecule has 0 saturated carbocycles. The van der Waals surface area contributed by atoms with Gasteiger partial charge in [-0.15, -0.1) is 0 Å². The van der Waals surface area contributed by atoms with Gasteiger partial charge in [-0.1, -0.05) is 52.3 Å². The second kappa shape index (κ2) is 12.5. The number of aryl methyl sites for hydroxylation is 1. The van der Waals surface area contributed by atoms with E-state index in [9.17, 15) is 4.79 Å². The maximum Gasteiger partial charge on any atom is 0.414 e. The molecule has 0 spiro atoms. The number of carboxylic acid groups (broad SMARTS) is 2. The van der Waals surface area contributed by atoms with Crippen LogP contribution in [-0.4, -0.2) is 57.6 Å². The zero-order valence-electron chi connectivity index (χ0n) is 18.1. The Labute approximate surface area is 176 Å². The molecule has 1 aromatic heterocycles. The molecule has 0 radical (unpaired) electrons. The van der Waals surface area contributed by atoms with Crippen LogP contribution >= 0.6 is 0 Å². The molecule has 0 aliphatic rings. The van der Waals surface area contributed by atoms with Gasteiger partial charge in [0.05, 0.1) is 17.7 Å². The third kappa shape index (κ3) is 7.11. The van der Waals surface area contributed by atoms with E-state index in [0.717, 1.165) is 54.6 Å². The number of benzene rings is 1. The Morgan fingerprint density at radius 2 is 1.60 bits per heavy atom. The molecule has 2 aromatic rings. The Morgan fingerprint density at radius 1 is 1.00 bits per heavy atom. The van der Waals surface area contributed by atoms with Crippen LogP contribution < -0.4 is 5.32 Å². The Balaban J connectivity index is 0.000000656. The van der Waals surface area contributed by atoms with Crippen molar-refractivity contribution in [3.8, 4) is 0 Å². The van der Waals surface area contributed by atoms with E-state index in [1.807, 2.05) is 24.3 Å². The van der Waals surface area contributed by atoms with Gasteiger partial charge in [-0.3, -0.25) is 14.7 Å². The van der Waals surface area contributed by atoms with E-state index in [1.54, 1.807) is 0 Å². The summed E-state index contributed by atoms with van der Waals surface area (Å²) in [5, 5.41) is 19.0. The van der Waals surface area contributed by atoms with Crippen molar-refractivity contribution in [2.24, 2.45) is 0 Å². The van der Waals surface area contributed by atoms with E-state index in [0.29, 0.717) is 6.54 Å². The monoisotopic (exact) mass is 417 g/mol. The zero-order chi connectivity index (χ0) is 22.7. The molecule has 0 aliphatic heterocycles. The van der Waals surface area contributed by atoms with E-state index < -0.39 is 11.9 Å². The van der Waals surface area contributed by atoms with Gasteiger partial charge in [0.1, 0.15) is 0 Å². The van der Waals surface area contributed by atoms with Gasteiger partial charge in [0.15, 0.2) is 0 Å². The number of aromatic nitrogens is 1. The molecule has 164 valence electrons. The van der Waals surface area contributed by atoms with Gasteiger partial charge in [-0.25, -0.2) is 9.59 Å². The summed E-state index contributed by atoms with van der Waals surface area (Å²) in [6.07, 6.45) is 2.85. The number of nitrogens with one attached hydrogen (secondary N) is 1. The van der Waals surface area contributed by atoms with E-state index in [4.69, 9.17) is 24.8 Å². The zero-order valence-corrected chi connectivity index (χ0v) is 18.1. The number of nitrogens with zero attached hydrogens (tertiary/aromatic N) is 2. The van der Waals surface area contributed by atoms with Gasteiger partial charge >= 0.3 is 11.9 Å². The summed E-state index contributed by atoms with van der Waals surface area (Å²) in [6.45, 7) is 10.6. The predicted molar refractivity (Wildman–Crippen MR) is 117 cm³/mol. The molecule has 2 rings (SSSR count). The second-order valence-corrected chi connectivity index (χ2v) is 6.65. The molecule has 1 heterocycles. The van der Waals surface area contributed by atoms with Crippen molar-refractivity contribution < 1.29 is 24.6 Å². The number of likely N-dealkylation sites (N-methyl/N-ethyl adjacent to an activating group) is 1. The van der Waals surface area contributed by atoms with E-state index in [1.165, 1.54) is 5.56 Å². The summed E-state index contributed by atoms with van der Waals surface area (Å²) in [5.74, 6) is -3.60. The minimum absolute atomic E-state index is 0.0483. The van der Waals surface area contributed by atoms with Crippen molar-refractivity contribution in [1.29, 1.82) is 0 Å². The molecule has 0 atom stereocenters. The number of amides is 1. The molecule has 0 bridgehead atoms. The molecule has 1 amide bonds. The highest BCUT2D eigenvalue weighted by atomic mass is 16.4. The summed E-state index contributed by atoms with van der Waals surface area (Å²) in [5.41, 5.74) is 4.18. The Bertz CT molecular complexity index is 866. The predicted octanol–water partition coefficient (Wildman–Crippen LogP) is 3.19. The first kappa shape index (κ1) is 25.0. The number of rotatable bonds is 8. The van der Waals surface area contributed by atoms with Crippen LogP contribution in [0.3, 0.4) is 0 Å². The van der Waals surface area contributed by atoms with Crippen molar-refractivity contribution in [3.05, 3.63) is 35.5 Å². The first-order valence-corrected chi connectivity index (χ1v) is 10.2. The quantitative estimate of drug-likeness (QED) is 0.564. The number of carbonyl (C=O) groups excluding carboxylic acids is 1. The van der Waals surface area contributed by atoms with Crippen LogP contribution in [0.1, 0.15) is 45.4 Å². The van der Waals surface area contributed by atoms with Gasteiger partial charge in [0, 0.05) is 11.1 Å². The summed E-state index contributed by atoms with van der Waals surface area (Å²) in [4.78, 5) is 37.7. The van der Waals surface area contributed by atoms with Crippen molar-refractivity contribution in [3.63, 3.8) is 0 Å². The Hall–Kier alpha value is -3.00. The maximum atomic E-state index is 12.5. The highest BCUT2D eigenvalue weighted by molar-refractivity contribution is 6.27. The summed E-state index contributed by atoms with van der Waals surface area (Å²) < 4.78 is 0. The summed E-state index contributed by atoms with van der Waals surface area (Å²) >= 11 is 0. The van der Waals surface area contributed by atoms with E-state index in [-0.39, 0.29) is 5.91 Å². The van der Waals surface area contributed by atoms with Crippen molar-refractivity contribution in [2.45, 2.75) is 47.0 Å². The second-order valence-electron chi connectivity index (χ2n) is 6.65. The van der Waals surface area contributed by atoms with Crippen LogP contribution in [0.25, 0.3) is 10.9 Å². The largest absolute Gasteiger partial charge is 0.473 e. The van der Waals surface area contributed by atoms with Crippen LogP contribution in [0.15, 0.2) is 24.3 Å². The number of anilines is 1. The molecule has 0 unspecified atom stereocenters. The maximum absolute atomic E-state index is 12.5. The smallest absolute Gasteiger partial charge is 0.414 e. The highest BCUT2D eigenvalue weighted by Crippen LogP contribution is 2.29. The lowest BCUT2D eigenvalue weighted by atomic mass is 10.0. The van der Waals surface area contributed by atoms with Crippen molar-refractivity contribution in [2.75, 3.05) is 25.0 Å². The Morgan fingerprint density at radius 3 is 2.10 bits per heavy atom. The fraction of sp³-hybridized carbons (Fsp3) is 0.455. The molecule has 3 N–H and O–H groups in total. The molecule has 0 aliphatic carbocycles. The molecule has 1 aromatic carbocycles. The van der Waals surface area contributed by atoms with Crippen LogP contribution in [0.2, 0.25) is 0 Å². The third-order valence-electron chi connectivity index (χ3n) is 4.63. The molecule has 8 nitrogen and oxygen atoms in total. The fourth-order valence-electron chi connectivity index (χ4n) is 3.10. The molecular formula is C22H31N3O5. The number of pyridine rings is 1. The third-order valence-corrected chi connectivity index (χ3v) is 4.63. The van der Waals surface area contributed by atoms with Crippen LogP contribution in [0.5, 0.6) is 0 Å². The van der Waals surface area contributed by atoms with E-state index in [2.05, 4.69) is 37.9 Å². The van der Waals surface area contributed by atoms with Gasteiger partial charge < -0.3 is 15.5 Å². The number of carboxylic acids is 2. The molecule has 8 heteroatoms. The van der Waals surface area contributed by atoms with Gasteiger partial charge in [0.2, 0.25) is 5.91 Å². The molecule has 30 heavy (non-hydrogen) atoms. The number of carbonyl (C=O) groups is 3. The first-order valence-electron chi connectivity index (χ1n) is 10.2. The highest BCUT2D eigenvalue weighted by Gasteiger charge is 2.16. The lowest BCUT2D eigenvalue weighted by Crippen LogP contribution is -2.33. The molecule has 0 fully saturated rings. The normalized spacial score (nSPS) is 10.4. The standard InChI is InChI=1S/C20H29N3O.C2H2O4/c1-5-11-17-15(6-2)20(16-12-9-10-13-18(16)21-17)22-19(24)14-23(7-3)8-4;3-1(4)2(5)6/h9-10,12-13H,5-8,11,14H2,1-4H3,(H,21,22,24);(H,3,4)(H,5,6). The lowest BCUT2D eigenvalue weighted by molar-refractivity contribution is -0.159. The fourth-order valence-corrected chi connectivity index (χ4v) is 3.10. The number of aliphatic carboxylic acids is 2. The number of fused-ring (bicyclic) bond motifs is 1. The minimum Gasteiger partial charge on any atom is -0.473 e. The summed E-state index contributed by atoms with van der Waals surface area (Å²) in [6, 6.07) is 8.07. The number of hydrogen-bond acceptors (Lipinski definition) is 5. The number of hydrogen-bond donors (Lipinski definition) is 3. The van der Waals surface area contributed by atoms with Crippen LogP contribution in [-0.2, 0) is 27.2 Å². The SMILES string of the molecule is CCCc1nc2ccccc2c(NC(=O)CN(CC)CC)c1CC.O=C(O)C(=O)O. The first-order chi connectivity index (χ1) is 14.3. The molecule has 0 saturated heterocycles. The van der Waals surface area contributed by atoms with Crippen molar-refractivity contribution in [1.82, 2.24) is 9.88 Å². The van der Waals surface area contributed by atoms with Crippen LogP contribution in [0, 0.1) is 0 Å². The average molecular weight is 418 g/mol. The van der Waals surface area contributed by atoms with Gasteiger partial charge in [0.25, 0.3) is 0 Å². The minimum atomic E-state index is -1.82. The van der Waals surface area contributed by atoms with E-state index >= 15 is 0 Å². The molecular weight excluding hydrogens is 386 g/mol. The topological polar surface area (TPSA) is 120 Å². The van der Waals surface area contributed by atoms with Crippen molar-refractivity contribution >= 4 is 34.4 Å². The van der Waals surface area contributed by atoms with Crippen LogP contribution in [0.4, 0.5) is 5.69 Å².